The second-order valence-electron chi connectivity index (χ2n) is 3.51. The van der Waals surface area contributed by atoms with Crippen molar-refractivity contribution < 1.29 is 9.66 Å². The van der Waals surface area contributed by atoms with E-state index < -0.39 is 0 Å². The van der Waals surface area contributed by atoms with Crippen LogP contribution in [0.3, 0.4) is 0 Å². The van der Waals surface area contributed by atoms with Gasteiger partial charge >= 0.3 is 0 Å². The predicted molar refractivity (Wildman–Crippen MR) is 78.5 cm³/mol. The summed E-state index contributed by atoms with van der Waals surface area (Å²) in [5, 5.41) is 10.9. The van der Waals surface area contributed by atoms with Gasteiger partial charge in [0.15, 0.2) is 0 Å². The monoisotopic (exact) mass is 447 g/mol. The van der Waals surface area contributed by atoms with Crippen LogP contribution in [0.15, 0.2) is 12.1 Å². The molecule has 0 N–H and O–H groups in total. The molecule has 1 rings (SSSR count). The average Bonchev–Trinajstić information content (AvgIpc) is 2.12. The lowest BCUT2D eigenvalue weighted by atomic mass is 10.2. The lowest BCUT2D eigenvalue weighted by Crippen LogP contribution is -2.06. The van der Waals surface area contributed by atoms with Gasteiger partial charge in [0.05, 0.1) is 26.8 Å². The third kappa shape index (κ3) is 3.81. The molecule has 0 amide bonds. The van der Waals surface area contributed by atoms with Crippen molar-refractivity contribution >= 4 is 50.9 Å². The minimum atomic E-state index is -0.350. The van der Waals surface area contributed by atoms with E-state index >= 15 is 0 Å². The number of halogens is 2. The molecule has 0 aliphatic carbocycles. The molecule has 0 radical (unpaired) electrons. The molecule has 0 aliphatic heterocycles. The Balaban J connectivity index is 3.09. The van der Waals surface area contributed by atoms with E-state index in [4.69, 9.17) is 4.74 Å². The van der Waals surface area contributed by atoms with Crippen molar-refractivity contribution in [1.82, 2.24) is 0 Å². The molecular weight excluding hydrogens is 436 g/mol. The Labute approximate surface area is 121 Å². The Morgan fingerprint density at radius 3 is 2.56 bits per heavy atom. The largest absolute Gasteiger partial charge is 0.374 e. The number of nitro groups is 1. The van der Waals surface area contributed by atoms with Crippen molar-refractivity contribution in [3.8, 4) is 0 Å². The third-order valence-corrected chi connectivity index (χ3v) is 3.31. The molecule has 16 heavy (non-hydrogen) atoms. The fraction of sp³-hybridized carbons (Fsp3) is 0.400. The number of nitro benzene ring substituents is 1. The van der Waals surface area contributed by atoms with Crippen LogP contribution in [0.2, 0.25) is 0 Å². The minimum Gasteiger partial charge on any atom is -0.374 e. The van der Waals surface area contributed by atoms with E-state index in [1.807, 2.05) is 36.4 Å². The van der Waals surface area contributed by atoms with Crippen molar-refractivity contribution in [2.45, 2.75) is 26.6 Å². The molecule has 0 saturated heterocycles. The molecule has 1 aromatic rings. The highest BCUT2D eigenvalue weighted by molar-refractivity contribution is 14.1. The summed E-state index contributed by atoms with van der Waals surface area (Å²) in [5.74, 6) is 0. The first-order chi connectivity index (χ1) is 7.41. The average molecular weight is 447 g/mol. The van der Waals surface area contributed by atoms with Gasteiger partial charge in [-0.15, -0.1) is 0 Å². The molecule has 0 aromatic heterocycles. The van der Waals surface area contributed by atoms with Crippen LogP contribution in [0, 0.1) is 17.3 Å². The zero-order chi connectivity index (χ0) is 12.3. The Hall–Kier alpha value is 0.0400. The zero-order valence-electron chi connectivity index (χ0n) is 8.87. The van der Waals surface area contributed by atoms with Crippen molar-refractivity contribution in [2.24, 2.45) is 0 Å². The van der Waals surface area contributed by atoms with Gasteiger partial charge in [-0.1, -0.05) is 0 Å². The number of rotatable bonds is 4. The summed E-state index contributed by atoms with van der Waals surface area (Å²) in [6.07, 6.45) is 0.0649. The summed E-state index contributed by atoms with van der Waals surface area (Å²) in [6, 6.07) is 3.58. The van der Waals surface area contributed by atoms with Crippen molar-refractivity contribution in [1.29, 1.82) is 0 Å². The standard InChI is InChI=1S/C10H11I2NO3/c1-6(2)16-5-7-3-8(11)4-9(12)10(7)13(14)15/h3-4,6H,5H2,1-2H3. The first-order valence-corrected chi connectivity index (χ1v) is 6.81. The van der Waals surface area contributed by atoms with Crippen LogP contribution in [0.25, 0.3) is 0 Å². The molecule has 0 atom stereocenters. The molecule has 4 nitrogen and oxygen atoms in total. The summed E-state index contributed by atoms with van der Waals surface area (Å²) >= 11 is 4.13. The van der Waals surface area contributed by atoms with Crippen LogP contribution in [-0.4, -0.2) is 11.0 Å². The fourth-order valence-corrected chi connectivity index (χ4v) is 3.35. The molecule has 0 spiro atoms. The molecule has 88 valence electrons. The highest BCUT2D eigenvalue weighted by Crippen LogP contribution is 2.28. The molecule has 0 aliphatic rings. The first-order valence-electron chi connectivity index (χ1n) is 4.65. The van der Waals surface area contributed by atoms with Crippen LogP contribution >= 0.6 is 45.2 Å². The van der Waals surface area contributed by atoms with E-state index in [-0.39, 0.29) is 23.3 Å². The Bertz CT molecular complexity index is 407. The first kappa shape index (κ1) is 14.1. The van der Waals surface area contributed by atoms with Crippen LogP contribution < -0.4 is 0 Å². The number of benzene rings is 1. The third-order valence-electron chi connectivity index (χ3n) is 1.86. The van der Waals surface area contributed by atoms with Gasteiger partial charge in [-0.05, 0) is 71.2 Å². The van der Waals surface area contributed by atoms with Gasteiger partial charge in [0, 0.05) is 3.57 Å². The van der Waals surface area contributed by atoms with E-state index in [2.05, 4.69) is 22.6 Å². The van der Waals surface area contributed by atoms with E-state index in [0.29, 0.717) is 9.13 Å². The molecule has 0 saturated carbocycles. The molecule has 1 aromatic carbocycles. The highest BCUT2D eigenvalue weighted by atomic mass is 127. The number of ether oxygens (including phenoxy) is 1. The summed E-state index contributed by atoms with van der Waals surface area (Å²) in [6.45, 7) is 4.09. The lowest BCUT2D eigenvalue weighted by Gasteiger charge is -2.09. The fourth-order valence-electron chi connectivity index (χ4n) is 1.19. The lowest BCUT2D eigenvalue weighted by molar-refractivity contribution is -0.386. The summed E-state index contributed by atoms with van der Waals surface area (Å²) in [7, 11) is 0. The van der Waals surface area contributed by atoms with Gasteiger partial charge in [0.25, 0.3) is 5.69 Å². The Morgan fingerprint density at radius 1 is 1.44 bits per heavy atom. The van der Waals surface area contributed by atoms with Crippen molar-refractivity contribution in [2.75, 3.05) is 0 Å². The maximum Gasteiger partial charge on any atom is 0.288 e. The summed E-state index contributed by atoms with van der Waals surface area (Å²) < 4.78 is 7.05. The SMILES string of the molecule is CC(C)OCc1cc(I)cc(I)c1[N+](=O)[O-]. The van der Waals surface area contributed by atoms with Crippen molar-refractivity contribution in [3.05, 3.63) is 35.0 Å². The van der Waals surface area contributed by atoms with Crippen LogP contribution in [0.5, 0.6) is 0 Å². The quantitative estimate of drug-likeness (QED) is 0.402. The summed E-state index contributed by atoms with van der Waals surface area (Å²) in [5.41, 5.74) is 0.789. The maximum absolute atomic E-state index is 10.9. The molecule has 0 fully saturated rings. The van der Waals surface area contributed by atoms with Gasteiger partial charge in [-0.3, -0.25) is 10.1 Å². The minimum absolute atomic E-state index is 0.0649. The second kappa shape index (κ2) is 6.10. The van der Waals surface area contributed by atoms with Crippen LogP contribution in [0.1, 0.15) is 19.4 Å². The number of hydrogen-bond acceptors (Lipinski definition) is 3. The topological polar surface area (TPSA) is 52.4 Å². The predicted octanol–water partition coefficient (Wildman–Crippen LogP) is 3.73. The van der Waals surface area contributed by atoms with Gasteiger partial charge in [-0.2, -0.15) is 0 Å². The second-order valence-corrected chi connectivity index (χ2v) is 5.92. The van der Waals surface area contributed by atoms with Crippen LogP contribution in [0.4, 0.5) is 5.69 Å². The Morgan fingerprint density at radius 2 is 2.06 bits per heavy atom. The molecule has 0 heterocycles. The summed E-state index contributed by atoms with van der Waals surface area (Å²) in [4.78, 5) is 10.6. The molecular formula is C10H11I2NO3. The molecule has 0 unspecified atom stereocenters. The van der Waals surface area contributed by atoms with Crippen LogP contribution in [-0.2, 0) is 11.3 Å². The maximum atomic E-state index is 10.9. The van der Waals surface area contributed by atoms with E-state index in [0.717, 1.165) is 3.57 Å². The Kier molecular flexibility index (Phi) is 5.38. The zero-order valence-corrected chi connectivity index (χ0v) is 13.2. The smallest absolute Gasteiger partial charge is 0.288 e. The van der Waals surface area contributed by atoms with E-state index in [1.54, 1.807) is 12.1 Å². The van der Waals surface area contributed by atoms with Gasteiger partial charge in [0.2, 0.25) is 0 Å². The molecule has 6 heteroatoms. The van der Waals surface area contributed by atoms with E-state index in [1.165, 1.54) is 0 Å². The molecule has 0 bridgehead atoms. The van der Waals surface area contributed by atoms with Gasteiger partial charge < -0.3 is 4.74 Å². The van der Waals surface area contributed by atoms with E-state index in [9.17, 15) is 10.1 Å². The van der Waals surface area contributed by atoms with Gasteiger partial charge in [0.1, 0.15) is 0 Å². The number of hydrogen-bond donors (Lipinski definition) is 0. The van der Waals surface area contributed by atoms with Gasteiger partial charge in [-0.25, -0.2) is 0 Å². The normalized spacial score (nSPS) is 10.8. The number of nitrogens with zero attached hydrogens (tertiary/aromatic N) is 1. The highest BCUT2D eigenvalue weighted by Gasteiger charge is 2.19. The van der Waals surface area contributed by atoms with Crippen molar-refractivity contribution in [3.63, 3.8) is 0 Å².